The third-order valence-electron chi connectivity index (χ3n) is 5.21. The average molecular weight is 397 g/mol. The third kappa shape index (κ3) is 5.49. The van der Waals surface area contributed by atoms with Gasteiger partial charge in [-0.25, -0.2) is 10.3 Å². The number of rotatable bonds is 7. The molecule has 2 aromatic rings. The maximum absolute atomic E-state index is 12.4. The lowest BCUT2D eigenvalue weighted by Crippen LogP contribution is -2.42. The van der Waals surface area contributed by atoms with Gasteiger partial charge in [0.15, 0.2) is 12.4 Å². The molecule has 0 radical (unpaired) electrons. The van der Waals surface area contributed by atoms with Gasteiger partial charge in [-0.05, 0) is 42.9 Å². The van der Waals surface area contributed by atoms with Crippen molar-refractivity contribution in [3.8, 4) is 11.5 Å². The van der Waals surface area contributed by atoms with E-state index in [1.165, 1.54) is 5.56 Å². The van der Waals surface area contributed by atoms with Gasteiger partial charge < -0.3 is 14.2 Å². The monoisotopic (exact) mass is 397 g/mol. The molecule has 0 bridgehead atoms. The molecule has 1 amide bonds. The fourth-order valence-corrected chi connectivity index (χ4v) is 3.55. The fraction of sp³-hybridized carbons (Fsp3) is 0.435. The van der Waals surface area contributed by atoms with Crippen LogP contribution in [-0.4, -0.2) is 31.5 Å². The second kappa shape index (κ2) is 9.76. The van der Waals surface area contributed by atoms with Gasteiger partial charge in [-0.3, -0.25) is 4.79 Å². The highest BCUT2D eigenvalue weighted by molar-refractivity contribution is 5.80. The molecule has 1 saturated heterocycles. The molecule has 6 heteroatoms. The molecule has 1 N–H and O–H groups in total. The average Bonchev–Trinajstić information content (AvgIpc) is 2.78. The Hall–Kier alpha value is -2.57. The molecule has 2 atom stereocenters. The molecule has 0 aromatic heterocycles. The van der Waals surface area contributed by atoms with E-state index in [1.54, 1.807) is 0 Å². The minimum atomic E-state index is -0.578. The van der Waals surface area contributed by atoms with Crippen molar-refractivity contribution in [1.82, 2.24) is 5.48 Å². The van der Waals surface area contributed by atoms with Crippen molar-refractivity contribution in [3.05, 3.63) is 59.7 Å². The number of aryl methyl sites for hydroxylation is 1. The van der Waals surface area contributed by atoms with E-state index in [0.717, 1.165) is 43.4 Å². The molecule has 0 saturated carbocycles. The highest BCUT2D eigenvalue weighted by atomic mass is 16.8. The largest absolute Gasteiger partial charge is 0.493 e. The van der Waals surface area contributed by atoms with Crippen LogP contribution >= 0.6 is 0 Å². The van der Waals surface area contributed by atoms with Crippen molar-refractivity contribution in [3.63, 3.8) is 0 Å². The van der Waals surface area contributed by atoms with Crippen LogP contribution in [0.4, 0.5) is 0 Å². The van der Waals surface area contributed by atoms with Crippen molar-refractivity contribution in [2.24, 2.45) is 0 Å². The lowest BCUT2D eigenvalue weighted by atomic mass is 10.0. The first-order valence-electron chi connectivity index (χ1n) is 10.3. The molecular weight excluding hydrogens is 370 g/mol. The third-order valence-corrected chi connectivity index (χ3v) is 5.21. The maximum atomic E-state index is 12.4. The molecular formula is C23H27NO5. The number of benzene rings is 2. The van der Waals surface area contributed by atoms with Crippen LogP contribution in [0.15, 0.2) is 48.5 Å². The first-order valence-corrected chi connectivity index (χ1v) is 10.3. The number of ether oxygens (including phenoxy) is 3. The molecule has 2 heterocycles. The molecule has 6 nitrogen and oxygen atoms in total. The van der Waals surface area contributed by atoms with Crippen LogP contribution in [0.25, 0.3) is 0 Å². The second-order valence-electron chi connectivity index (χ2n) is 7.38. The Morgan fingerprint density at radius 2 is 2.00 bits per heavy atom. The van der Waals surface area contributed by atoms with E-state index in [-0.39, 0.29) is 12.2 Å². The van der Waals surface area contributed by atoms with Crippen LogP contribution in [0, 0.1) is 0 Å². The standard InChI is InChI=1S/C23H27NO5/c25-23(24-29-22-8-4-5-14-27-22)20-12-10-18-9-11-19(16-21(18)28-20)26-15-13-17-6-2-1-3-7-17/h1-3,6-7,9,11,16,20,22H,4-5,8,10,12-15H2,(H,24,25). The maximum Gasteiger partial charge on any atom is 0.284 e. The van der Waals surface area contributed by atoms with Crippen LogP contribution in [0.5, 0.6) is 11.5 Å². The summed E-state index contributed by atoms with van der Waals surface area (Å²) in [6.45, 7) is 1.25. The summed E-state index contributed by atoms with van der Waals surface area (Å²) in [5.41, 5.74) is 4.82. The molecule has 2 aromatic carbocycles. The van der Waals surface area contributed by atoms with Gasteiger partial charge >= 0.3 is 0 Å². The highest BCUT2D eigenvalue weighted by Gasteiger charge is 2.27. The van der Waals surface area contributed by atoms with Gasteiger partial charge in [0.25, 0.3) is 5.91 Å². The van der Waals surface area contributed by atoms with E-state index in [0.29, 0.717) is 25.4 Å². The number of amides is 1. The van der Waals surface area contributed by atoms with Crippen molar-refractivity contribution < 1.29 is 23.8 Å². The second-order valence-corrected chi connectivity index (χ2v) is 7.38. The van der Waals surface area contributed by atoms with Crippen molar-refractivity contribution in [1.29, 1.82) is 0 Å². The van der Waals surface area contributed by atoms with Gasteiger partial charge in [-0.1, -0.05) is 36.4 Å². The van der Waals surface area contributed by atoms with Gasteiger partial charge in [0.2, 0.25) is 0 Å². The van der Waals surface area contributed by atoms with Crippen LogP contribution in [-0.2, 0) is 27.2 Å². The van der Waals surface area contributed by atoms with E-state index in [9.17, 15) is 4.79 Å². The number of hydrogen-bond acceptors (Lipinski definition) is 5. The SMILES string of the molecule is O=C(NOC1CCCCO1)C1CCc2ccc(OCCc3ccccc3)cc2O1. The molecule has 0 aliphatic carbocycles. The lowest BCUT2D eigenvalue weighted by molar-refractivity contribution is -0.203. The summed E-state index contributed by atoms with van der Waals surface area (Å²) >= 11 is 0. The molecule has 2 aliphatic heterocycles. The predicted octanol–water partition coefficient (Wildman–Crippen LogP) is 3.58. The van der Waals surface area contributed by atoms with E-state index >= 15 is 0 Å². The van der Waals surface area contributed by atoms with Crippen molar-refractivity contribution in [2.45, 2.75) is 50.9 Å². The summed E-state index contributed by atoms with van der Waals surface area (Å²) in [7, 11) is 0. The Bertz CT molecular complexity index is 804. The van der Waals surface area contributed by atoms with E-state index < -0.39 is 6.10 Å². The van der Waals surface area contributed by atoms with Gasteiger partial charge in [0.05, 0.1) is 6.61 Å². The molecule has 154 valence electrons. The molecule has 4 rings (SSSR count). The summed E-state index contributed by atoms with van der Waals surface area (Å²) < 4.78 is 17.3. The summed E-state index contributed by atoms with van der Waals surface area (Å²) in [4.78, 5) is 17.8. The summed E-state index contributed by atoms with van der Waals surface area (Å²) in [6.07, 6.45) is 4.15. The van der Waals surface area contributed by atoms with E-state index in [4.69, 9.17) is 19.0 Å². The quantitative estimate of drug-likeness (QED) is 0.724. The van der Waals surface area contributed by atoms with Gasteiger partial charge in [0.1, 0.15) is 11.5 Å². The van der Waals surface area contributed by atoms with Gasteiger partial charge in [0, 0.05) is 25.5 Å². The summed E-state index contributed by atoms with van der Waals surface area (Å²) in [6, 6.07) is 16.1. The number of carbonyl (C=O) groups is 1. The van der Waals surface area contributed by atoms with Crippen LogP contribution in [0.1, 0.15) is 36.8 Å². The smallest absolute Gasteiger partial charge is 0.284 e. The molecule has 29 heavy (non-hydrogen) atoms. The fourth-order valence-electron chi connectivity index (χ4n) is 3.55. The van der Waals surface area contributed by atoms with E-state index in [1.807, 2.05) is 36.4 Å². The van der Waals surface area contributed by atoms with Crippen molar-refractivity contribution in [2.75, 3.05) is 13.2 Å². The Labute approximate surface area is 171 Å². The summed E-state index contributed by atoms with van der Waals surface area (Å²) in [5.74, 6) is 1.16. The van der Waals surface area contributed by atoms with Crippen molar-refractivity contribution >= 4 is 5.91 Å². The zero-order valence-corrected chi connectivity index (χ0v) is 16.5. The van der Waals surface area contributed by atoms with Gasteiger partial charge in [-0.2, -0.15) is 0 Å². The highest BCUT2D eigenvalue weighted by Crippen LogP contribution is 2.31. The number of hydroxylamine groups is 1. The van der Waals surface area contributed by atoms with Crippen LogP contribution in [0.2, 0.25) is 0 Å². The minimum absolute atomic E-state index is 0.278. The van der Waals surface area contributed by atoms with Gasteiger partial charge in [-0.15, -0.1) is 0 Å². The van der Waals surface area contributed by atoms with E-state index in [2.05, 4.69) is 17.6 Å². The minimum Gasteiger partial charge on any atom is -0.493 e. The summed E-state index contributed by atoms with van der Waals surface area (Å²) in [5, 5.41) is 0. The normalized spacial score (nSPS) is 21.0. The first-order chi connectivity index (χ1) is 14.3. The number of carbonyl (C=O) groups excluding carboxylic acids is 1. The first kappa shape index (κ1) is 19.7. The number of fused-ring (bicyclic) bond motifs is 1. The Morgan fingerprint density at radius 3 is 2.83 bits per heavy atom. The zero-order chi connectivity index (χ0) is 19.9. The molecule has 0 spiro atoms. The number of nitrogens with one attached hydrogen (secondary N) is 1. The Morgan fingerprint density at radius 1 is 1.10 bits per heavy atom. The Kier molecular flexibility index (Phi) is 6.64. The predicted molar refractivity (Wildman–Crippen MR) is 108 cm³/mol. The molecule has 1 fully saturated rings. The van der Waals surface area contributed by atoms with Crippen LogP contribution in [0.3, 0.4) is 0 Å². The topological polar surface area (TPSA) is 66.0 Å². The zero-order valence-electron chi connectivity index (χ0n) is 16.5. The Balaban J connectivity index is 1.28. The van der Waals surface area contributed by atoms with Crippen LogP contribution < -0.4 is 15.0 Å². The molecule has 2 aliphatic rings. The lowest BCUT2D eigenvalue weighted by Gasteiger charge is -2.27. The number of hydrogen-bond donors (Lipinski definition) is 1. The molecule has 2 unspecified atom stereocenters.